The van der Waals surface area contributed by atoms with Gasteiger partial charge in [-0.3, -0.25) is 9.69 Å². The molecule has 0 radical (unpaired) electrons. The van der Waals surface area contributed by atoms with E-state index in [4.69, 9.17) is 5.73 Å². The molecular weight excluding hydrogens is 294 g/mol. The van der Waals surface area contributed by atoms with Crippen LogP contribution in [0.25, 0.3) is 0 Å². The van der Waals surface area contributed by atoms with Crippen LogP contribution < -0.4 is 10.6 Å². The molecule has 2 rings (SSSR count). The number of anilines is 2. The van der Waals surface area contributed by atoms with Crippen LogP contribution in [0.3, 0.4) is 0 Å². The largest absolute Gasteiger partial charge is 0.397 e. The van der Waals surface area contributed by atoms with Gasteiger partial charge in [0.05, 0.1) is 11.9 Å². The lowest BCUT2D eigenvalue weighted by atomic mass is 10.2. The predicted molar refractivity (Wildman–Crippen MR) is 75.5 cm³/mol. The van der Waals surface area contributed by atoms with Crippen molar-refractivity contribution in [2.75, 3.05) is 17.7 Å². The number of pyridine rings is 1. The summed E-state index contributed by atoms with van der Waals surface area (Å²) in [6.07, 6.45) is 1.53. The van der Waals surface area contributed by atoms with Crippen molar-refractivity contribution in [1.29, 1.82) is 0 Å². The highest BCUT2D eigenvalue weighted by atomic mass is 79.9. The number of nitrogens with two attached hydrogens (primary N) is 1. The van der Waals surface area contributed by atoms with Crippen molar-refractivity contribution in [3.8, 4) is 0 Å². The summed E-state index contributed by atoms with van der Waals surface area (Å²) in [6, 6.07) is 10.7. The van der Waals surface area contributed by atoms with Crippen LogP contribution in [0, 0.1) is 0 Å². The lowest BCUT2D eigenvalue weighted by Crippen LogP contribution is -2.27. The highest BCUT2D eigenvalue weighted by Crippen LogP contribution is 2.16. The van der Waals surface area contributed by atoms with Gasteiger partial charge >= 0.3 is 0 Å². The van der Waals surface area contributed by atoms with E-state index in [0.29, 0.717) is 17.1 Å². The fraction of sp³-hybridized carbons (Fsp3) is 0.0769. The van der Waals surface area contributed by atoms with Gasteiger partial charge in [-0.15, -0.1) is 0 Å². The fourth-order valence-electron chi connectivity index (χ4n) is 1.52. The van der Waals surface area contributed by atoms with Crippen LogP contribution in [-0.2, 0) is 0 Å². The summed E-state index contributed by atoms with van der Waals surface area (Å²) in [5.74, 6) is 0.447. The minimum Gasteiger partial charge on any atom is -0.397 e. The summed E-state index contributed by atoms with van der Waals surface area (Å²) in [5, 5.41) is 0. The molecule has 1 aromatic heterocycles. The Bertz CT molecular complexity index is 569. The van der Waals surface area contributed by atoms with E-state index >= 15 is 0 Å². The van der Waals surface area contributed by atoms with Crippen LogP contribution in [0.2, 0.25) is 0 Å². The quantitative estimate of drug-likeness (QED) is 0.928. The van der Waals surface area contributed by atoms with Gasteiger partial charge in [-0.25, -0.2) is 4.98 Å². The summed E-state index contributed by atoms with van der Waals surface area (Å²) in [5.41, 5.74) is 6.74. The number of hydrogen-bond acceptors (Lipinski definition) is 3. The molecule has 5 heteroatoms. The first-order valence-electron chi connectivity index (χ1n) is 5.33. The molecule has 1 amide bonds. The Labute approximate surface area is 114 Å². The Kier molecular flexibility index (Phi) is 3.62. The summed E-state index contributed by atoms with van der Waals surface area (Å²) in [7, 11) is 1.68. The molecule has 0 aliphatic carbocycles. The van der Waals surface area contributed by atoms with Crippen LogP contribution in [0.1, 0.15) is 10.4 Å². The monoisotopic (exact) mass is 305 g/mol. The van der Waals surface area contributed by atoms with E-state index in [1.54, 1.807) is 31.3 Å². The number of amides is 1. The predicted octanol–water partition coefficient (Wildman–Crippen LogP) is 2.70. The molecule has 18 heavy (non-hydrogen) atoms. The third-order valence-electron chi connectivity index (χ3n) is 2.49. The molecule has 0 aliphatic rings. The number of carbonyl (C=O) groups excluding carboxylic acids is 1. The molecule has 2 N–H and O–H groups in total. The van der Waals surface area contributed by atoms with Crippen molar-refractivity contribution in [2.24, 2.45) is 0 Å². The second-order valence-electron chi connectivity index (χ2n) is 3.82. The van der Waals surface area contributed by atoms with Gasteiger partial charge in [-0.05, 0) is 30.3 Å². The Hall–Kier alpha value is -1.88. The number of carbonyl (C=O) groups is 1. The SMILES string of the molecule is CN(C(=O)c1cccc(Br)c1)c1ccc(N)cn1. The molecule has 0 aliphatic heterocycles. The number of nitrogens with zero attached hydrogens (tertiary/aromatic N) is 2. The van der Waals surface area contributed by atoms with Gasteiger partial charge in [0.2, 0.25) is 0 Å². The first-order valence-corrected chi connectivity index (χ1v) is 6.12. The van der Waals surface area contributed by atoms with E-state index < -0.39 is 0 Å². The third kappa shape index (κ3) is 2.68. The van der Waals surface area contributed by atoms with Gasteiger partial charge < -0.3 is 5.73 Å². The van der Waals surface area contributed by atoms with Gasteiger partial charge in [0.1, 0.15) is 5.82 Å². The molecule has 4 nitrogen and oxygen atoms in total. The van der Waals surface area contributed by atoms with Crippen molar-refractivity contribution < 1.29 is 4.79 Å². The van der Waals surface area contributed by atoms with Gasteiger partial charge in [0.25, 0.3) is 5.91 Å². The smallest absolute Gasteiger partial charge is 0.259 e. The lowest BCUT2D eigenvalue weighted by molar-refractivity contribution is 0.0992. The van der Waals surface area contributed by atoms with E-state index in [-0.39, 0.29) is 5.91 Å². The molecule has 92 valence electrons. The molecular formula is C13H12BrN3O. The average Bonchev–Trinajstić information content (AvgIpc) is 2.38. The van der Waals surface area contributed by atoms with Crippen molar-refractivity contribution in [1.82, 2.24) is 4.98 Å². The molecule has 0 saturated carbocycles. The summed E-state index contributed by atoms with van der Waals surface area (Å²) in [6.45, 7) is 0. The first kappa shape index (κ1) is 12.6. The molecule has 0 bridgehead atoms. The molecule has 1 aromatic carbocycles. The maximum absolute atomic E-state index is 12.2. The molecule has 0 fully saturated rings. The number of hydrogen-bond donors (Lipinski definition) is 1. The van der Waals surface area contributed by atoms with Crippen LogP contribution in [0.15, 0.2) is 47.1 Å². The van der Waals surface area contributed by atoms with Crippen molar-refractivity contribution in [3.05, 3.63) is 52.6 Å². The average molecular weight is 306 g/mol. The second-order valence-corrected chi connectivity index (χ2v) is 4.74. The van der Waals surface area contributed by atoms with Crippen molar-refractivity contribution in [2.45, 2.75) is 0 Å². The molecule has 0 atom stereocenters. The molecule has 2 aromatic rings. The minimum atomic E-state index is -0.117. The number of nitrogen functional groups attached to an aromatic ring is 1. The maximum atomic E-state index is 12.2. The van der Waals surface area contributed by atoms with Gasteiger partial charge in [0, 0.05) is 17.1 Å². The summed E-state index contributed by atoms with van der Waals surface area (Å²) >= 11 is 3.34. The number of rotatable bonds is 2. The number of halogens is 1. The van der Waals surface area contributed by atoms with Crippen molar-refractivity contribution in [3.63, 3.8) is 0 Å². The first-order chi connectivity index (χ1) is 8.58. The molecule has 0 spiro atoms. The molecule has 1 heterocycles. The zero-order chi connectivity index (χ0) is 13.1. The van der Waals surface area contributed by atoms with E-state index in [1.807, 2.05) is 12.1 Å². The Morgan fingerprint density at radius 1 is 1.33 bits per heavy atom. The van der Waals surface area contributed by atoms with Gasteiger partial charge in [0.15, 0.2) is 0 Å². The molecule has 0 saturated heterocycles. The number of aromatic nitrogens is 1. The molecule has 0 unspecified atom stereocenters. The Morgan fingerprint density at radius 2 is 2.11 bits per heavy atom. The Balaban J connectivity index is 2.26. The normalized spacial score (nSPS) is 10.1. The van der Waals surface area contributed by atoms with Crippen LogP contribution >= 0.6 is 15.9 Å². The fourth-order valence-corrected chi connectivity index (χ4v) is 1.91. The van der Waals surface area contributed by atoms with Gasteiger partial charge in [-0.2, -0.15) is 0 Å². The topological polar surface area (TPSA) is 59.2 Å². The summed E-state index contributed by atoms with van der Waals surface area (Å²) in [4.78, 5) is 17.8. The highest BCUT2D eigenvalue weighted by Gasteiger charge is 2.14. The third-order valence-corrected chi connectivity index (χ3v) is 2.98. The minimum absolute atomic E-state index is 0.117. The zero-order valence-corrected chi connectivity index (χ0v) is 11.4. The zero-order valence-electron chi connectivity index (χ0n) is 9.80. The van der Waals surface area contributed by atoms with E-state index in [0.717, 1.165) is 4.47 Å². The highest BCUT2D eigenvalue weighted by molar-refractivity contribution is 9.10. The summed E-state index contributed by atoms with van der Waals surface area (Å²) < 4.78 is 0.868. The number of benzene rings is 1. The van der Waals surface area contributed by atoms with E-state index in [9.17, 15) is 4.79 Å². The second kappa shape index (κ2) is 5.18. The standard InChI is InChI=1S/C13H12BrN3O/c1-17(12-6-5-11(15)8-16-12)13(18)9-3-2-4-10(14)7-9/h2-8H,15H2,1H3. The van der Waals surface area contributed by atoms with Gasteiger partial charge in [-0.1, -0.05) is 22.0 Å². The van der Waals surface area contributed by atoms with Crippen LogP contribution in [0.4, 0.5) is 11.5 Å². The maximum Gasteiger partial charge on any atom is 0.259 e. The Morgan fingerprint density at radius 3 is 2.72 bits per heavy atom. The lowest BCUT2D eigenvalue weighted by Gasteiger charge is -2.16. The van der Waals surface area contributed by atoms with Crippen molar-refractivity contribution >= 4 is 33.3 Å². The van der Waals surface area contributed by atoms with E-state index in [2.05, 4.69) is 20.9 Å². The van der Waals surface area contributed by atoms with Crippen LogP contribution in [-0.4, -0.2) is 17.9 Å². The van der Waals surface area contributed by atoms with E-state index in [1.165, 1.54) is 11.1 Å². The van der Waals surface area contributed by atoms with Crippen LogP contribution in [0.5, 0.6) is 0 Å².